The summed E-state index contributed by atoms with van der Waals surface area (Å²) in [6.07, 6.45) is -4.29. The van der Waals surface area contributed by atoms with Gasteiger partial charge in [0.25, 0.3) is 11.4 Å². The molecule has 0 saturated carbocycles. The molecule has 2 rings (SSSR count). The summed E-state index contributed by atoms with van der Waals surface area (Å²) < 4.78 is 38.6. The number of hydrogen-bond acceptors (Lipinski definition) is 6. The fourth-order valence-corrected chi connectivity index (χ4v) is 2.60. The van der Waals surface area contributed by atoms with E-state index in [2.05, 4.69) is 0 Å². The summed E-state index contributed by atoms with van der Waals surface area (Å²) in [5.41, 5.74) is -3.83. The van der Waals surface area contributed by atoms with Crippen LogP contribution >= 0.6 is 0 Å². The first-order valence-electron chi connectivity index (χ1n) is 6.83. The third kappa shape index (κ3) is 3.37. The van der Waals surface area contributed by atoms with Crippen LogP contribution in [-0.2, 0) is 6.18 Å². The predicted molar refractivity (Wildman–Crippen MR) is 75.3 cm³/mol. The molecule has 0 atom stereocenters. The van der Waals surface area contributed by atoms with E-state index in [1.807, 2.05) is 6.07 Å². The summed E-state index contributed by atoms with van der Waals surface area (Å²) in [5, 5.41) is 31.2. The molecule has 0 N–H and O–H groups in total. The summed E-state index contributed by atoms with van der Waals surface area (Å²) in [5.74, 6) is -0.284. The van der Waals surface area contributed by atoms with E-state index < -0.39 is 38.6 Å². The van der Waals surface area contributed by atoms with Crippen LogP contribution in [0.25, 0.3) is 0 Å². The third-order valence-corrected chi connectivity index (χ3v) is 3.78. The number of alkyl halides is 3. The molecule has 1 saturated heterocycles. The van der Waals surface area contributed by atoms with Gasteiger partial charge in [-0.1, -0.05) is 0 Å². The summed E-state index contributed by atoms with van der Waals surface area (Å²) in [4.78, 5) is 21.5. The Morgan fingerprint density at radius 3 is 1.92 bits per heavy atom. The monoisotopic (exact) mass is 344 g/mol. The molecule has 128 valence electrons. The van der Waals surface area contributed by atoms with E-state index in [0.717, 1.165) is 0 Å². The van der Waals surface area contributed by atoms with Crippen LogP contribution in [0.4, 0.5) is 30.2 Å². The van der Waals surface area contributed by atoms with Crippen molar-refractivity contribution in [2.45, 2.75) is 19.0 Å². The molecule has 0 unspecified atom stereocenters. The maximum Gasteiger partial charge on any atom is 0.416 e. The van der Waals surface area contributed by atoms with E-state index in [0.29, 0.717) is 25.0 Å². The van der Waals surface area contributed by atoms with Gasteiger partial charge in [0.2, 0.25) is 0 Å². The average molecular weight is 344 g/mol. The van der Waals surface area contributed by atoms with Gasteiger partial charge in [-0.15, -0.1) is 0 Å². The van der Waals surface area contributed by atoms with E-state index in [1.54, 1.807) is 0 Å². The lowest BCUT2D eigenvalue weighted by atomic mass is 9.97. The number of nitro groups is 2. The Morgan fingerprint density at radius 1 is 1.12 bits per heavy atom. The van der Waals surface area contributed by atoms with Crippen molar-refractivity contribution in [3.8, 4) is 6.07 Å². The summed E-state index contributed by atoms with van der Waals surface area (Å²) in [7, 11) is 0. The van der Waals surface area contributed by atoms with Gasteiger partial charge in [-0.05, 0) is 12.8 Å². The molecule has 0 aliphatic carbocycles. The number of benzene rings is 1. The highest BCUT2D eigenvalue weighted by Crippen LogP contribution is 2.44. The molecule has 0 aromatic heterocycles. The molecule has 8 nitrogen and oxygen atoms in total. The normalized spacial score (nSPS) is 15.8. The summed E-state index contributed by atoms with van der Waals surface area (Å²) in [6.45, 7) is 0.233. The molecule has 1 aliphatic rings. The van der Waals surface area contributed by atoms with Crippen molar-refractivity contribution in [3.05, 3.63) is 37.9 Å². The lowest BCUT2D eigenvalue weighted by molar-refractivity contribution is -0.393. The fraction of sp³-hybridized carbons (Fsp3) is 0.462. The molecular formula is C13H11F3N4O4. The van der Waals surface area contributed by atoms with Crippen LogP contribution in [0.1, 0.15) is 18.4 Å². The van der Waals surface area contributed by atoms with Gasteiger partial charge in [-0.25, -0.2) is 0 Å². The number of rotatable bonds is 3. The zero-order chi connectivity index (χ0) is 18.1. The van der Waals surface area contributed by atoms with Gasteiger partial charge in [0, 0.05) is 31.1 Å². The minimum Gasteiger partial charge on any atom is -0.360 e. The Balaban J connectivity index is 2.59. The Morgan fingerprint density at radius 2 is 1.58 bits per heavy atom. The molecular weight excluding hydrogens is 333 g/mol. The van der Waals surface area contributed by atoms with Crippen LogP contribution in [0.2, 0.25) is 0 Å². The minimum atomic E-state index is -4.94. The van der Waals surface area contributed by atoms with Crippen molar-refractivity contribution in [1.82, 2.24) is 0 Å². The first kappa shape index (κ1) is 17.5. The Hall–Kier alpha value is -2.90. The van der Waals surface area contributed by atoms with Gasteiger partial charge >= 0.3 is 6.18 Å². The zero-order valence-corrected chi connectivity index (χ0v) is 12.1. The third-order valence-electron chi connectivity index (χ3n) is 3.78. The quantitative estimate of drug-likeness (QED) is 0.614. The van der Waals surface area contributed by atoms with Gasteiger partial charge in [-0.2, -0.15) is 18.4 Å². The molecule has 1 aromatic carbocycles. The lowest BCUT2D eigenvalue weighted by Crippen LogP contribution is -2.34. The molecule has 0 radical (unpaired) electrons. The minimum absolute atomic E-state index is 0.116. The number of nitriles is 1. The SMILES string of the molecule is N#CC1CCN(c2c([N+](=O)[O-])cc(C(F)(F)F)cc2[N+](=O)[O-])CC1. The standard InChI is InChI=1S/C13H11F3N4O4/c14-13(15,16)9-5-10(19(21)22)12(11(6-9)20(23)24)18-3-1-8(7-17)2-4-18/h5-6,8H,1-4H2. The van der Waals surface area contributed by atoms with E-state index in [9.17, 15) is 33.4 Å². The number of nitro benzene ring substituents is 2. The number of piperidine rings is 1. The number of nitrogens with zero attached hydrogens (tertiary/aromatic N) is 4. The van der Waals surface area contributed by atoms with Gasteiger partial charge in [0.1, 0.15) is 0 Å². The van der Waals surface area contributed by atoms with Gasteiger partial charge < -0.3 is 4.90 Å². The zero-order valence-electron chi connectivity index (χ0n) is 12.1. The molecule has 0 amide bonds. The van der Waals surface area contributed by atoms with Crippen LogP contribution in [0.15, 0.2) is 12.1 Å². The first-order chi connectivity index (χ1) is 11.1. The second kappa shape index (κ2) is 6.31. The molecule has 24 heavy (non-hydrogen) atoms. The van der Waals surface area contributed by atoms with E-state index in [4.69, 9.17) is 5.26 Å². The van der Waals surface area contributed by atoms with Crippen LogP contribution in [0.3, 0.4) is 0 Å². The molecule has 1 heterocycles. The number of anilines is 1. The fourth-order valence-electron chi connectivity index (χ4n) is 2.60. The highest BCUT2D eigenvalue weighted by Gasteiger charge is 2.39. The second-order valence-corrected chi connectivity index (χ2v) is 5.27. The molecule has 11 heteroatoms. The van der Waals surface area contributed by atoms with Gasteiger partial charge in [0.05, 0.1) is 21.5 Å². The molecule has 0 bridgehead atoms. The van der Waals surface area contributed by atoms with Crippen molar-refractivity contribution in [1.29, 1.82) is 5.26 Å². The molecule has 1 fully saturated rings. The van der Waals surface area contributed by atoms with Gasteiger partial charge in [-0.3, -0.25) is 20.2 Å². The van der Waals surface area contributed by atoms with Crippen molar-refractivity contribution in [3.63, 3.8) is 0 Å². The van der Waals surface area contributed by atoms with Crippen molar-refractivity contribution in [2.75, 3.05) is 18.0 Å². The molecule has 0 spiro atoms. The van der Waals surface area contributed by atoms with Crippen molar-refractivity contribution in [2.24, 2.45) is 5.92 Å². The Bertz CT molecular complexity index is 686. The Labute approximate surface area is 133 Å². The molecule has 1 aliphatic heterocycles. The first-order valence-corrected chi connectivity index (χ1v) is 6.83. The van der Waals surface area contributed by atoms with Crippen molar-refractivity contribution < 1.29 is 23.0 Å². The molecule has 1 aromatic rings. The highest BCUT2D eigenvalue weighted by atomic mass is 19.4. The largest absolute Gasteiger partial charge is 0.416 e. The van der Waals surface area contributed by atoms with Crippen molar-refractivity contribution >= 4 is 17.1 Å². The van der Waals surface area contributed by atoms with E-state index in [-0.39, 0.29) is 19.0 Å². The summed E-state index contributed by atoms with van der Waals surface area (Å²) >= 11 is 0. The van der Waals surface area contributed by atoms with Gasteiger partial charge in [0.15, 0.2) is 5.69 Å². The van der Waals surface area contributed by atoms with Crippen LogP contribution in [0.5, 0.6) is 0 Å². The van der Waals surface area contributed by atoms with Crippen LogP contribution in [-0.4, -0.2) is 22.9 Å². The second-order valence-electron chi connectivity index (χ2n) is 5.27. The van der Waals surface area contributed by atoms with Crippen LogP contribution in [0, 0.1) is 37.5 Å². The smallest absolute Gasteiger partial charge is 0.360 e. The lowest BCUT2D eigenvalue weighted by Gasteiger charge is -2.30. The van der Waals surface area contributed by atoms with E-state index >= 15 is 0 Å². The maximum atomic E-state index is 12.9. The van der Waals surface area contributed by atoms with E-state index in [1.165, 1.54) is 4.90 Å². The highest BCUT2D eigenvalue weighted by molar-refractivity contribution is 5.76. The number of halogens is 3. The topological polar surface area (TPSA) is 113 Å². The van der Waals surface area contributed by atoms with Crippen LogP contribution < -0.4 is 4.90 Å². The number of hydrogen-bond donors (Lipinski definition) is 0. The summed E-state index contributed by atoms with van der Waals surface area (Å²) in [6, 6.07) is 2.65. The maximum absolute atomic E-state index is 12.9. The predicted octanol–water partition coefficient (Wildman–Crippen LogP) is 3.26. The average Bonchev–Trinajstić information content (AvgIpc) is 2.52. The Kier molecular flexibility index (Phi) is 4.59.